The highest BCUT2D eigenvalue weighted by molar-refractivity contribution is 5.36. The Labute approximate surface area is 90.2 Å². The van der Waals surface area contributed by atoms with Gasteiger partial charge in [0, 0.05) is 18.2 Å². The molecule has 1 saturated heterocycles. The predicted molar refractivity (Wildman–Crippen MR) is 58.9 cm³/mol. The average molecular weight is 207 g/mol. The lowest BCUT2D eigenvalue weighted by atomic mass is 10.0. The summed E-state index contributed by atoms with van der Waals surface area (Å²) in [5.74, 6) is 0.891. The molecule has 0 saturated carbocycles. The topological polar surface area (TPSA) is 44.5 Å². The van der Waals surface area contributed by atoms with Crippen LogP contribution in [0.25, 0.3) is 0 Å². The third-order valence-corrected chi connectivity index (χ3v) is 2.66. The molecule has 82 valence electrons. The van der Waals surface area contributed by atoms with Crippen molar-refractivity contribution in [2.24, 2.45) is 5.73 Å². The molecule has 1 aromatic rings. The number of benzene rings is 1. The molecule has 2 atom stereocenters. The lowest BCUT2D eigenvalue weighted by molar-refractivity contribution is 0.102. The second kappa shape index (κ2) is 4.64. The van der Waals surface area contributed by atoms with Gasteiger partial charge in [0.05, 0.1) is 6.61 Å². The number of ether oxygens (including phenoxy) is 2. The lowest BCUT2D eigenvalue weighted by Gasteiger charge is -2.18. The van der Waals surface area contributed by atoms with Crippen LogP contribution in [0, 0.1) is 0 Å². The Morgan fingerprint density at radius 1 is 1.47 bits per heavy atom. The van der Waals surface area contributed by atoms with Gasteiger partial charge in [-0.1, -0.05) is 18.2 Å². The van der Waals surface area contributed by atoms with Gasteiger partial charge in [-0.2, -0.15) is 0 Å². The van der Waals surface area contributed by atoms with E-state index in [1.807, 2.05) is 31.2 Å². The van der Waals surface area contributed by atoms with Gasteiger partial charge in [-0.3, -0.25) is 0 Å². The summed E-state index contributed by atoms with van der Waals surface area (Å²) in [6.07, 6.45) is 0.915. The first-order valence-electron chi connectivity index (χ1n) is 5.42. The second-order valence-electron chi connectivity index (χ2n) is 3.71. The molecule has 2 unspecified atom stereocenters. The largest absolute Gasteiger partial charge is 0.493 e. The van der Waals surface area contributed by atoms with E-state index in [4.69, 9.17) is 15.2 Å². The molecule has 1 aromatic carbocycles. The fourth-order valence-electron chi connectivity index (χ4n) is 1.93. The highest BCUT2D eigenvalue weighted by atomic mass is 16.5. The van der Waals surface area contributed by atoms with Crippen LogP contribution in [-0.2, 0) is 4.74 Å². The molecule has 3 nitrogen and oxygen atoms in total. The summed E-state index contributed by atoms with van der Waals surface area (Å²) in [5, 5.41) is 0. The summed E-state index contributed by atoms with van der Waals surface area (Å²) < 4.78 is 11.2. The van der Waals surface area contributed by atoms with Crippen molar-refractivity contribution < 1.29 is 9.47 Å². The fourth-order valence-corrected chi connectivity index (χ4v) is 1.93. The lowest BCUT2D eigenvalue weighted by Crippen LogP contribution is -2.23. The van der Waals surface area contributed by atoms with E-state index in [9.17, 15) is 0 Å². The van der Waals surface area contributed by atoms with Crippen LogP contribution in [-0.4, -0.2) is 19.3 Å². The van der Waals surface area contributed by atoms with Crippen LogP contribution in [0.3, 0.4) is 0 Å². The normalized spacial score (nSPS) is 25.5. The van der Waals surface area contributed by atoms with Crippen LogP contribution in [0.2, 0.25) is 0 Å². The second-order valence-corrected chi connectivity index (χ2v) is 3.71. The smallest absolute Gasteiger partial charge is 0.125 e. The van der Waals surface area contributed by atoms with Crippen molar-refractivity contribution in [2.45, 2.75) is 25.5 Å². The van der Waals surface area contributed by atoms with Crippen molar-refractivity contribution in [3.05, 3.63) is 29.8 Å². The maximum Gasteiger partial charge on any atom is 0.125 e. The SMILES string of the molecule is CCOc1ccccc1C1OCCC1N. The molecular weight excluding hydrogens is 190 g/mol. The van der Waals surface area contributed by atoms with Gasteiger partial charge >= 0.3 is 0 Å². The maximum atomic E-state index is 6.00. The molecule has 0 bridgehead atoms. The molecule has 0 amide bonds. The zero-order chi connectivity index (χ0) is 10.7. The Morgan fingerprint density at radius 2 is 2.27 bits per heavy atom. The molecule has 1 aliphatic heterocycles. The van der Waals surface area contributed by atoms with Crippen molar-refractivity contribution in [1.82, 2.24) is 0 Å². The molecule has 0 aromatic heterocycles. The van der Waals surface area contributed by atoms with E-state index in [-0.39, 0.29) is 12.1 Å². The zero-order valence-electron chi connectivity index (χ0n) is 8.98. The molecular formula is C12H17NO2. The third kappa shape index (κ3) is 2.13. The van der Waals surface area contributed by atoms with Gasteiger partial charge in [-0.05, 0) is 19.4 Å². The van der Waals surface area contributed by atoms with E-state index in [1.165, 1.54) is 0 Å². The highest BCUT2D eigenvalue weighted by Gasteiger charge is 2.28. The van der Waals surface area contributed by atoms with Gasteiger partial charge in [0.25, 0.3) is 0 Å². The minimum Gasteiger partial charge on any atom is -0.493 e. The van der Waals surface area contributed by atoms with Crippen molar-refractivity contribution in [3.63, 3.8) is 0 Å². The summed E-state index contributed by atoms with van der Waals surface area (Å²) in [5.41, 5.74) is 7.07. The van der Waals surface area contributed by atoms with Gasteiger partial charge in [-0.25, -0.2) is 0 Å². The van der Waals surface area contributed by atoms with Crippen LogP contribution in [0.1, 0.15) is 25.0 Å². The molecule has 2 rings (SSSR count). The summed E-state index contributed by atoms with van der Waals surface area (Å²) in [4.78, 5) is 0. The molecule has 2 N–H and O–H groups in total. The van der Waals surface area contributed by atoms with Crippen molar-refractivity contribution in [3.8, 4) is 5.75 Å². The number of rotatable bonds is 3. The van der Waals surface area contributed by atoms with Gasteiger partial charge in [0.1, 0.15) is 11.9 Å². The monoisotopic (exact) mass is 207 g/mol. The molecule has 1 heterocycles. The van der Waals surface area contributed by atoms with E-state index >= 15 is 0 Å². The van der Waals surface area contributed by atoms with Gasteiger partial charge in [-0.15, -0.1) is 0 Å². The molecule has 0 radical (unpaired) electrons. The van der Waals surface area contributed by atoms with E-state index in [0.29, 0.717) is 6.61 Å². The first-order valence-corrected chi connectivity index (χ1v) is 5.42. The first-order chi connectivity index (χ1) is 7.33. The molecule has 3 heteroatoms. The number of nitrogens with two attached hydrogens (primary N) is 1. The zero-order valence-corrected chi connectivity index (χ0v) is 8.98. The van der Waals surface area contributed by atoms with Gasteiger partial charge < -0.3 is 15.2 Å². The Morgan fingerprint density at radius 3 is 2.93 bits per heavy atom. The summed E-state index contributed by atoms with van der Waals surface area (Å²) >= 11 is 0. The van der Waals surface area contributed by atoms with Crippen LogP contribution in [0.15, 0.2) is 24.3 Å². The highest BCUT2D eigenvalue weighted by Crippen LogP contribution is 2.33. The average Bonchev–Trinajstić information content (AvgIpc) is 2.66. The number of hydrogen-bond acceptors (Lipinski definition) is 3. The Balaban J connectivity index is 2.25. The van der Waals surface area contributed by atoms with Crippen molar-refractivity contribution >= 4 is 0 Å². The molecule has 15 heavy (non-hydrogen) atoms. The van der Waals surface area contributed by atoms with E-state index in [0.717, 1.165) is 24.3 Å². The van der Waals surface area contributed by atoms with E-state index < -0.39 is 0 Å². The standard InChI is InChI=1S/C12H17NO2/c1-2-14-11-6-4-3-5-9(11)12-10(13)7-8-15-12/h3-6,10,12H,2,7-8,13H2,1H3. The van der Waals surface area contributed by atoms with E-state index in [2.05, 4.69) is 0 Å². The summed E-state index contributed by atoms with van der Waals surface area (Å²) in [7, 11) is 0. The summed E-state index contributed by atoms with van der Waals surface area (Å²) in [6, 6.07) is 8.04. The van der Waals surface area contributed by atoms with Crippen LogP contribution < -0.4 is 10.5 Å². The molecule has 0 spiro atoms. The minimum atomic E-state index is -0.00671. The molecule has 0 aliphatic carbocycles. The Hall–Kier alpha value is -1.06. The van der Waals surface area contributed by atoms with Crippen molar-refractivity contribution in [1.29, 1.82) is 0 Å². The first kappa shape index (κ1) is 10.5. The quantitative estimate of drug-likeness (QED) is 0.823. The molecule has 1 fully saturated rings. The Bertz CT molecular complexity index is 327. The van der Waals surface area contributed by atoms with Crippen molar-refractivity contribution in [2.75, 3.05) is 13.2 Å². The minimum absolute atomic E-state index is 0.00671. The predicted octanol–water partition coefficient (Wildman–Crippen LogP) is 1.87. The number of para-hydroxylation sites is 1. The number of hydrogen-bond donors (Lipinski definition) is 1. The fraction of sp³-hybridized carbons (Fsp3) is 0.500. The van der Waals surface area contributed by atoms with Gasteiger partial charge in [0.15, 0.2) is 0 Å². The Kier molecular flexibility index (Phi) is 3.23. The van der Waals surface area contributed by atoms with Crippen LogP contribution >= 0.6 is 0 Å². The maximum absolute atomic E-state index is 6.00. The van der Waals surface area contributed by atoms with Gasteiger partial charge in [0.2, 0.25) is 0 Å². The third-order valence-electron chi connectivity index (χ3n) is 2.66. The van der Waals surface area contributed by atoms with Crippen LogP contribution in [0.5, 0.6) is 5.75 Å². The molecule has 1 aliphatic rings. The van der Waals surface area contributed by atoms with Crippen LogP contribution in [0.4, 0.5) is 0 Å². The summed E-state index contributed by atoms with van der Waals surface area (Å²) in [6.45, 7) is 3.39. The van der Waals surface area contributed by atoms with E-state index in [1.54, 1.807) is 0 Å².